The van der Waals surface area contributed by atoms with Gasteiger partial charge in [-0.3, -0.25) is 0 Å². The zero-order valence-corrected chi connectivity index (χ0v) is 20.3. The van der Waals surface area contributed by atoms with Gasteiger partial charge in [0.2, 0.25) is 5.88 Å². The molecule has 0 amide bonds. The van der Waals surface area contributed by atoms with E-state index in [0.29, 0.717) is 5.52 Å². The molecule has 0 aliphatic carbocycles. The topological polar surface area (TPSA) is 96.9 Å². The molecule has 9 nitrogen and oxygen atoms in total. The monoisotopic (exact) mass is 494 g/mol. The van der Waals surface area contributed by atoms with Crippen molar-refractivity contribution in [2.75, 3.05) is 13.7 Å². The molecular formula is C24H23FN6O3S. The molecule has 35 heavy (non-hydrogen) atoms. The molecular weight excluding hydrogens is 471 g/mol. The van der Waals surface area contributed by atoms with Crippen LogP contribution in [0.2, 0.25) is 0 Å². The average Bonchev–Trinajstić information content (AvgIpc) is 3.48. The van der Waals surface area contributed by atoms with E-state index in [0.717, 1.165) is 16.3 Å². The summed E-state index contributed by atoms with van der Waals surface area (Å²) in [5, 5.41) is 10.4. The number of carbonyl (C=O) groups excluding carboxylic acids is 1. The fraction of sp³-hybridized carbons (Fsp3) is 0.208. The van der Waals surface area contributed by atoms with E-state index in [9.17, 15) is 4.79 Å². The normalized spacial score (nSPS) is 11.9. The van der Waals surface area contributed by atoms with Crippen molar-refractivity contribution in [1.82, 2.24) is 29.5 Å². The van der Waals surface area contributed by atoms with Crippen LogP contribution in [-0.4, -0.2) is 49.2 Å². The van der Waals surface area contributed by atoms with Crippen LogP contribution in [0, 0.1) is 5.95 Å². The highest BCUT2D eigenvalue weighted by Crippen LogP contribution is 2.31. The highest BCUT2D eigenvalue weighted by molar-refractivity contribution is 7.59. The second-order valence-corrected chi connectivity index (χ2v) is 7.64. The molecule has 0 fully saturated rings. The van der Waals surface area contributed by atoms with Crippen LogP contribution in [0.4, 0.5) is 4.39 Å². The molecule has 0 bridgehead atoms. The van der Waals surface area contributed by atoms with Crippen molar-refractivity contribution in [3.63, 3.8) is 0 Å². The van der Waals surface area contributed by atoms with Crippen LogP contribution < -0.4 is 4.74 Å². The number of hydrogen-bond donors (Lipinski definition) is 0. The third kappa shape index (κ3) is 4.30. The number of aromatic nitrogens is 6. The summed E-state index contributed by atoms with van der Waals surface area (Å²) in [6.45, 7) is 3.87. The minimum absolute atomic E-state index is 0. The second kappa shape index (κ2) is 9.71. The van der Waals surface area contributed by atoms with Crippen molar-refractivity contribution >= 4 is 41.3 Å². The maximum atomic E-state index is 15.0. The lowest BCUT2D eigenvalue weighted by Crippen LogP contribution is -2.11. The lowest BCUT2D eigenvalue weighted by Gasteiger charge is -2.15. The SMILES string of the molecule is CCOC(=O)c1cnn(-c2nc(OC)c3c(n2)c(F)nn3[C@@H](C)c2ccc3ccccc3c2)c1.S. The van der Waals surface area contributed by atoms with Crippen molar-refractivity contribution in [2.24, 2.45) is 0 Å². The molecule has 3 heterocycles. The zero-order chi connectivity index (χ0) is 23.8. The van der Waals surface area contributed by atoms with Gasteiger partial charge < -0.3 is 9.47 Å². The standard InChI is InChI=1S/C24H21FN6O3.H2S/c1-4-34-23(32)18-12-26-30(13-18)24-27-19-20(22(28-24)33-3)31(29-21(19)25)14(2)16-10-9-15-7-5-6-8-17(15)11-16;/h5-14H,4H2,1-3H3;1H2/t14-;/m0./s1. The Morgan fingerprint density at radius 1 is 1.14 bits per heavy atom. The van der Waals surface area contributed by atoms with Crippen LogP contribution >= 0.6 is 13.5 Å². The molecule has 0 saturated heterocycles. The summed E-state index contributed by atoms with van der Waals surface area (Å²) in [5.74, 6) is -1.11. The molecule has 0 radical (unpaired) electrons. The molecule has 3 aromatic heterocycles. The van der Waals surface area contributed by atoms with Crippen LogP contribution in [0.5, 0.6) is 5.88 Å². The lowest BCUT2D eigenvalue weighted by atomic mass is 10.0. The molecule has 0 saturated carbocycles. The van der Waals surface area contributed by atoms with Crippen LogP contribution in [0.3, 0.4) is 0 Å². The van der Waals surface area contributed by atoms with Gasteiger partial charge in [0.05, 0.1) is 31.5 Å². The number of methoxy groups -OCH3 is 1. The smallest absolute Gasteiger partial charge is 0.341 e. The number of fused-ring (bicyclic) bond motifs is 2. The lowest BCUT2D eigenvalue weighted by molar-refractivity contribution is 0.0526. The van der Waals surface area contributed by atoms with Crippen molar-refractivity contribution in [2.45, 2.75) is 19.9 Å². The molecule has 5 rings (SSSR count). The van der Waals surface area contributed by atoms with E-state index < -0.39 is 11.9 Å². The summed E-state index contributed by atoms with van der Waals surface area (Å²) >= 11 is 0. The third-order valence-corrected chi connectivity index (χ3v) is 5.58. The summed E-state index contributed by atoms with van der Waals surface area (Å²) in [6.07, 6.45) is 2.75. The summed E-state index contributed by atoms with van der Waals surface area (Å²) < 4.78 is 28.2. The van der Waals surface area contributed by atoms with Gasteiger partial charge in [0, 0.05) is 6.20 Å². The molecule has 11 heteroatoms. The fourth-order valence-electron chi connectivity index (χ4n) is 3.85. The van der Waals surface area contributed by atoms with Gasteiger partial charge >= 0.3 is 5.97 Å². The highest BCUT2D eigenvalue weighted by Gasteiger charge is 2.24. The quantitative estimate of drug-likeness (QED) is 0.326. The zero-order valence-electron chi connectivity index (χ0n) is 19.3. The van der Waals surface area contributed by atoms with Crippen molar-refractivity contribution in [3.8, 4) is 11.8 Å². The Kier molecular flexibility index (Phi) is 6.70. The Morgan fingerprint density at radius 2 is 1.91 bits per heavy atom. The molecule has 0 unspecified atom stereocenters. The van der Waals surface area contributed by atoms with Gasteiger partial charge in [-0.25, -0.2) is 19.1 Å². The van der Waals surface area contributed by atoms with Gasteiger partial charge in [-0.2, -0.15) is 28.0 Å². The van der Waals surface area contributed by atoms with E-state index in [-0.39, 0.29) is 49.1 Å². The van der Waals surface area contributed by atoms with E-state index in [1.807, 2.05) is 49.4 Å². The maximum Gasteiger partial charge on any atom is 0.341 e. The Balaban J connectivity index is 0.00000289. The molecule has 0 aliphatic heterocycles. The summed E-state index contributed by atoms with van der Waals surface area (Å²) in [4.78, 5) is 20.7. The van der Waals surface area contributed by atoms with E-state index >= 15 is 4.39 Å². The summed E-state index contributed by atoms with van der Waals surface area (Å²) in [5.41, 5.74) is 1.48. The first-order valence-electron chi connectivity index (χ1n) is 10.7. The molecule has 5 aromatic rings. The predicted octanol–water partition coefficient (Wildman–Crippen LogP) is 4.21. The predicted molar refractivity (Wildman–Crippen MR) is 133 cm³/mol. The Labute approximate surface area is 206 Å². The van der Waals surface area contributed by atoms with Crippen molar-refractivity contribution < 1.29 is 18.7 Å². The minimum Gasteiger partial charge on any atom is -0.479 e. The first kappa shape index (κ1) is 24.1. The number of halogens is 1. The third-order valence-electron chi connectivity index (χ3n) is 5.58. The molecule has 0 spiro atoms. The van der Waals surface area contributed by atoms with Crippen LogP contribution in [0.15, 0.2) is 54.9 Å². The number of esters is 1. The van der Waals surface area contributed by atoms with E-state index in [4.69, 9.17) is 9.47 Å². The number of hydrogen-bond acceptors (Lipinski definition) is 7. The van der Waals surface area contributed by atoms with Gasteiger partial charge in [0.15, 0.2) is 11.0 Å². The average molecular weight is 495 g/mol. The van der Waals surface area contributed by atoms with Gasteiger partial charge in [0.1, 0.15) is 0 Å². The number of nitrogens with zero attached hydrogens (tertiary/aromatic N) is 6. The molecule has 0 N–H and O–H groups in total. The minimum atomic E-state index is -0.762. The molecule has 1 atom stereocenters. The van der Waals surface area contributed by atoms with Crippen molar-refractivity contribution in [1.29, 1.82) is 0 Å². The van der Waals surface area contributed by atoms with Gasteiger partial charge in [0.25, 0.3) is 11.9 Å². The van der Waals surface area contributed by atoms with Gasteiger partial charge in [-0.1, -0.05) is 36.4 Å². The second-order valence-electron chi connectivity index (χ2n) is 7.64. The number of rotatable bonds is 6. The van der Waals surface area contributed by atoms with Crippen LogP contribution in [0.1, 0.15) is 35.8 Å². The Morgan fingerprint density at radius 3 is 2.66 bits per heavy atom. The molecule has 0 aliphatic rings. The van der Waals surface area contributed by atoms with Gasteiger partial charge in [-0.15, -0.1) is 5.10 Å². The first-order chi connectivity index (χ1) is 16.5. The summed E-state index contributed by atoms with van der Waals surface area (Å²) in [6, 6.07) is 13.8. The highest BCUT2D eigenvalue weighted by atomic mass is 32.1. The largest absolute Gasteiger partial charge is 0.479 e. The number of benzene rings is 2. The number of ether oxygens (including phenoxy) is 2. The first-order valence-corrected chi connectivity index (χ1v) is 10.7. The van der Waals surface area contributed by atoms with E-state index in [1.54, 1.807) is 6.92 Å². The van der Waals surface area contributed by atoms with Crippen LogP contribution in [0.25, 0.3) is 27.8 Å². The van der Waals surface area contributed by atoms with Gasteiger partial charge in [-0.05, 0) is 36.2 Å². The summed E-state index contributed by atoms with van der Waals surface area (Å²) in [7, 11) is 1.44. The van der Waals surface area contributed by atoms with Crippen LogP contribution in [-0.2, 0) is 4.74 Å². The Bertz CT molecular complexity index is 1530. The van der Waals surface area contributed by atoms with E-state index in [2.05, 4.69) is 20.2 Å². The number of carbonyl (C=O) groups is 1. The van der Waals surface area contributed by atoms with Crippen molar-refractivity contribution in [3.05, 3.63) is 71.9 Å². The fourth-order valence-corrected chi connectivity index (χ4v) is 3.85. The Hall–Kier alpha value is -3.99. The molecule has 180 valence electrons. The maximum absolute atomic E-state index is 15.0. The molecule has 2 aromatic carbocycles. The van der Waals surface area contributed by atoms with E-state index in [1.165, 1.54) is 28.9 Å².